The second-order valence-corrected chi connectivity index (χ2v) is 5.53. The number of anilines is 1. The maximum Gasteiger partial charge on any atom is 0.326 e. The van der Waals surface area contributed by atoms with Crippen molar-refractivity contribution < 1.29 is 9.90 Å². The lowest BCUT2D eigenvalue weighted by Gasteiger charge is -2.30. The first kappa shape index (κ1) is 13.9. The molecule has 0 spiro atoms. The Morgan fingerprint density at radius 3 is 2.84 bits per heavy atom. The average molecular weight is 323 g/mol. The standard InChI is InChI=1S/C14H15BrN2O2/c15-11-8-10(9-16)5-6-12(11)17-7-3-1-2-4-13(17)14(18)19/h5-6,8,13H,1-4,7H2,(H,18,19). The number of carboxylic acid groups (broad SMARTS) is 1. The minimum atomic E-state index is -0.779. The summed E-state index contributed by atoms with van der Waals surface area (Å²) in [6.45, 7) is 0.738. The van der Waals surface area contributed by atoms with Crippen LogP contribution in [0.4, 0.5) is 5.69 Å². The number of carboxylic acids is 1. The van der Waals surface area contributed by atoms with Gasteiger partial charge < -0.3 is 10.0 Å². The molecule has 19 heavy (non-hydrogen) atoms. The number of nitrogens with zero attached hydrogens (tertiary/aromatic N) is 2. The maximum absolute atomic E-state index is 11.4. The van der Waals surface area contributed by atoms with E-state index in [2.05, 4.69) is 22.0 Å². The van der Waals surface area contributed by atoms with Gasteiger partial charge in [0.25, 0.3) is 0 Å². The molecule has 0 aliphatic carbocycles. The Hall–Kier alpha value is -1.54. The molecular formula is C14H15BrN2O2. The van der Waals surface area contributed by atoms with Crippen molar-refractivity contribution in [3.05, 3.63) is 28.2 Å². The first-order chi connectivity index (χ1) is 9.13. The van der Waals surface area contributed by atoms with Crippen molar-refractivity contribution in [2.75, 3.05) is 11.4 Å². The summed E-state index contributed by atoms with van der Waals surface area (Å²) < 4.78 is 0.778. The highest BCUT2D eigenvalue weighted by Crippen LogP contribution is 2.31. The van der Waals surface area contributed by atoms with Gasteiger partial charge in [-0.1, -0.05) is 12.8 Å². The number of halogens is 1. The van der Waals surface area contributed by atoms with Crippen molar-refractivity contribution in [3.63, 3.8) is 0 Å². The quantitative estimate of drug-likeness (QED) is 0.908. The number of carbonyl (C=O) groups is 1. The van der Waals surface area contributed by atoms with Gasteiger partial charge >= 0.3 is 5.97 Å². The molecule has 1 aromatic rings. The third-order valence-corrected chi connectivity index (χ3v) is 4.06. The number of aliphatic carboxylic acids is 1. The molecule has 1 aliphatic rings. The molecule has 0 saturated carbocycles. The lowest BCUT2D eigenvalue weighted by atomic mass is 10.1. The first-order valence-electron chi connectivity index (χ1n) is 6.32. The molecule has 2 rings (SSSR count). The van der Waals surface area contributed by atoms with Gasteiger partial charge in [0.1, 0.15) is 6.04 Å². The number of benzene rings is 1. The summed E-state index contributed by atoms with van der Waals surface area (Å²) in [5.74, 6) is -0.779. The Balaban J connectivity index is 2.36. The minimum absolute atomic E-state index is 0.480. The van der Waals surface area contributed by atoms with E-state index in [1.165, 1.54) is 0 Å². The second-order valence-electron chi connectivity index (χ2n) is 4.67. The Morgan fingerprint density at radius 2 is 2.21 bits per heavy atom. The minimum Gasteiger partial charge on any atom is -0.480 e. The molecule has 100 valence electrons. The third-order valence-electron chi connectivity index (χ3n) is 3.42. The molecule has 1 N–H and O–H groups in total. The third kappa shape index (κ3) is 3.07. The fourth-order valence-corrected chi connectivity index (χ4v) is 3.07. The van der Waals surface area contributed by atoms with Crippen LogP contribution in [-0.2, 0) is 4.79 Å². The molecule has 5 heteroatoms. The van der Waals surface area contributed by atoms with Gasteiger partial charge in [0.05, 0.1) is 17.3 Å². The zero-order chi connectivity index (χ0) is 13.8. The van der Waals surface area contributed by atoms with Gasteiger partial charge in [-0.05, 0) is 47.0 Å². The van der Waals surface area contributed by atoms with E-state index in [4.69, 9.17) is 5.26 Å². The molecule has 1 atom stereocenters. The van der Waals surface area contributed by atoms with Crippen molar-refractivity contribution in [1.82, 2.24) is 0 Å². The fraction of sp³-hybridized carbons (Fsp3) is 0.429. The predicted molar refractivity (Wildman–Crippen MR) is 76.1 cm³/mol. The lowest BCUT2D eigenvalue weighted by Crippen LogP contribution is -2.41. The molecule has 0 aromatic heterocycles. The number of hydrogen-bond donors (Lipinski definition) is 1. The van der Waals surface area contributed by atoms with Crippen LogP contribution in [0, 0.1) is 11.3 Å². The van der Waals surface area contributed by atoms with Crippen LogP contribution >= 0.6 is 15.9 Å². The summed E-state index contributed by atoms with van der Waals surface area (Å²) in [6, 6.07) is 6.88. The van der Waals surface area contributed by atoms with Gasteiger partial charge in [0.15, 0.2) is 0 Å². The molecule has 0 radical (unpaired) electrons. The average Bonchev–Trinajstić information content (AvgIpc) is 2.64. The van der Waals surface area contributed by atoms with Gasteiger partial charge in [-0.25, -0.2) is 4.79 Å². The molecule has 1 aliphatic heterocycles. The normalized spacial score (nSPS) is 19.6. The second kappa shape index (κ2) is 6.07. The smallest absolute Gasteiger partial charge is 0.326 e. The van der Waals surface area contributed by atoms with E-state index in [1.54, 1.807) is 12.1 Å². The number of hydrogen-bond acceptors (Lipinski definition) is 3. The molecule has 1 unspecified atom stereocenters. The summed E-state index contributed by atoms with van der Waals surface area (Å²) in [5.41, 5.74) is 1.42. The topological polar surface area (TPSA) is 64.3 Å². The van der Waals surface area contributed by atoms with Gasteiger partial charge in [0.2, 0.25) is 0 Å². The van der Waals surface area contributed by atoms with E-state index in [0.717, 1.165) is 36.0 Å². The van der Waals surface area contributed by atoms with Gasteiger partial charge in [-0.3, -0.25) is 0 Å². The van der Waals surface area contributed by atoms with E-state index >= 15 is 0 Å². The van der Waals surface area contributed by atoms with E-state index < -0.39 is 12.0 Å². The Kier molecular flexibility index (Phi) is 4.43. The zero-order valence-electron chi connectivity index (χ0n) is 10.5. The molecule has 1 heterocycles. The molecular weight excluding hydrogens is 308 g/mol. The predicted octanol–water partition coefficient (Wildman–Crippen LogP) is 3.15. The van der Waals surface area contributed by atoms with Gasteiger partial charge in [-0.15, -0.1) is 0 Å². The summed E-state index contributed by atoms with van der Waals surface area (Å²) in [7, 11) is 0. The van der Waals surface area contributed by atoms with Crippen molar-refractivity contribution in [2.24, 2.45) is 0 Å². The van der Waals surface area contributed by atoms with Crippen molar-refractivity contribution in [3.8, 4) is 6.07 Å². The molecule has 4 nitrogen and oxygen atoms in total. The monoisotopic (exact) mass is 322 g/mol. The number of rotatable bonds is 2. The maximum atomic E-state index is 11.4. The number of nitriles is 1. The van der Waals surface area contributed by atoms with Crippen LogP contribution in [0.1, 0.15) is 31.2 Å². The van der Waals surface area contributed by atoms with Crippen LogP contribution in [-0.4, -0.2) is 23.7 Å². The van der Waals surface area contributed by atoms with Crippen LogP contribution < -0.4 is 4.90 Å². The van der Waals surface area contributed by atoms with E-state index in [-0.39, 0.29) is 0 Å². The summed E-state index contributed by atoms with van der Waals surface area (Å²) in [5, 5.41) is 18.2. The van der Waals surface area contributed by atoms with Crippen molar-refractivity contribution in [2.45, 2.75) is 31.7 Å². The summed E-state index contributed by atoms with van der Waals surface area (Å²) in [6.07, 6.45) is 3.67. The van der Waals surface area contributed by atoms with Crippen molar-refractivity contribution in [1.29, 1.82) is 5.26 Å². The first-order valence-corrected chi connectivity index (χ1v) is 7.12. The van der Waals surface area contributed by atoms with Crippen LogP contribution in [0.25, 0.3) is 0 Å². The highest BCUT2D eigenvalue weighted by atomic mass is 79.9. The molecule has 0 amide bonds. The largest absolute Gasteiger partial charge is 0.480 e. The van der Waals surface area contributed by atoms with Crippen LogP contribution in [0.5, 0.6) is 0 Å². The molecule has 1 saturated heterocycles. The SMILES string of the molecule is N#Cc1ccc(N2CCCCCC2C(=O)O)c(Br)c1. The van der Waals surface area contributed by atoms with Crippen LogP contribution in [0.2, 0.25) is 0 Å². The van der Waals surface area contributed by atoms with Gasteiger partial charge in [-0.2, -0.15) is 5.26 Å². The molecule has 0 bridgehead atoms. The van der Waals surface area contributed by atoms with E-state index in [9.17, 15) is 9.90 Å². The highest BCUT2D eigenvalue weighted by Gasteiger charge is 2.28. The Morgan fingerprint density at radius 1 is 1.42 bits per heavy atom. The Bertz CT molecular complexity index is 525. The summed E-state index contributed by atoms with van der Waals surface area (Å²) >= 11 is 3.44. The molecule has 1 aromatic carbocycles. The zero-order valence-corrected chi connectivity index (χ0v) is 12.1. The fourth-order valence-electron chi connectivity index (χ4n) is 2.46. The van der Waals surface area contributed by atoms with Crippen molar-refractivity contribution >= 4 is 27.6 Å². The summed E-state index contributed by atoms with van der Waals surface area (Å²) in [4.78, 5) is 13.3. The van der Waals surface area contributed by atoms with Crippen LogP contribution in [0.3, 0.4) is 0 Å². The van der Waals surface area contributed by atoms with Crippen LogP contribution in [0.15, 0.2) is 22.7 Å². The van der Waals surface area contributed by atoms with E-state index in [0.29, 0.717) is 12.0 Å². The molecule has 1 fully saturated rings. The Labute approximate surface area is 120 Å². The van der Waals surface area contributed by atoms with Gasteiger partial charge in [0, 0.05) is 11.0 Å². The highest BCUT2D eigenvalue weighted by molar-refractivity contribution is 9.10. The van der Waals surface area contributed by atoms with E-state index in [1.807, 2.05) is 11.0 Å². The lowest BCUT2D eigenvalue weighted by molar-refractivity contribution is -0.138.